The summed E-state index contributed by atoms with van der Waals surface area (Å²) in [6.45, 7) is -0.538. The number of benzene rings is 2. The fourth-order valence-corrected chi connectivity index (χ4v) is 4.32. The summed E-state index contributed by atoms with van der Waals surface area (Å²) >= 11 is 3.30. The molecule has 2 unspecified atom stereocenters. The van der Waals surface area contributed by atoms with E-state index >= 15 is 0 Å². The summed E-state index contributed by atoms with van der Waals surface area (Å²) in [6.07, 6.45) is 4.69. The topological polar surface area (TPSA) is 107 Å². The lowest BCUT2D eigenvalue weighted by atomic mass is 9.85. The normalized spacial score (nSPS) is 18.8. The van der Waals surface area contributed by atoms with Gasteiger partial charge in [-0.05, 0) is 61.4 Å². The van der Waals surface area contributed by atoms with E-state index in [0.717, 1.165) is 9.37 Å². The Kier molecular flexibility index (Phi) is 7.55. The smallest absolute Gasteiger partial charge is 0.343 e. The van der Waals surface area contributed by atoms with Crippen molar-refractivity contribution in [2.45, 2.75) is 19.3 Å². The molecular formula is C26H22BrNO7. The van der Waals surface area contributed by atoms with Gasteiger partial charge in [-0.15, -0.1) is 0 Å². The van der Waals surface area contributed by atoms with Crippen LogP contribution in [0, 0.1) is 11.8 Å². The zero-order valence-corrected chi connectivity index (χ0v) is 20.2. The molecule has 0 radical (unpaired) electrons. The van der Waals surface area contributed by atoms with Crippen LogP contribution in [-0.4, -0.2) is 47.6 Å². The Morgan fingerprint density at radius 2 is 1.43 bits per heavy atom. The van der Waals surface area contributed by atoms with Crippen molar-refractivity contribution >= 4 is 45.5 Å². The van der Waals surface area contributed by atoms with E-state index in [1.807, 2.05) is 12.2 Å². The molecule has 1 fully saturated rings. The fraction of sp³-hybridized carbons (Fsp3) is 0.269. The molecule has 2 atom stereocenters. The molecule has 8 nitrogen and oxygen atoms in total. The van der Waals surface area contributed by atoms with Crippen LogP contribution in [0.1, 0.15) is 40.0 Å². The van der Waals surface area contributed by atoms with Gasteiger partial charge in [0.2, 0.25) is 11.8 Å². The zero-order chi connectivity index (χ0) is 24.9. The van der Waals surface area contributed by atoms with Gasteiger partial charge in [-0.25, -0.2) is 4.79 Å². The SMILES string of the molecule is O=C(CCN1C(=O)C2CC=CCC2C1=O)OCC(=O)c1ccc(OC(=O)c2ccc(Br)cc2)cc1. The van der Waals surface area contributed by atoms with E-state index in [1.54, 1.807) is 24.3 Å². The maximum Gasteiger partial charge on any atom is 0.343 e. The maximum absolute atomic E-state index is 12.4. The Balaban J connectivity index is 1.23. The second kappa shape index (κ2) is 10.8. The minimum Gasteiger partial charge on any atom is -0.457 e. The number of allylic oxidation sites excluding steroid dienone is 2. The third kappa shape index (κ3) is 5.74. The first-order valence-corrected chi connectivity index (χ1v) is 11.9. The number of carbonyl (C=O) groups excluding carboxylic acids is 5. The summed E-state index contributed by atoms with van der Waals surface area (Å²) in [5, 5.41) is 0. The molecule has 2 amide bonds. The van der Waals surface area contributed by atoms with Crippen molar-refractivity contribution in [3.05, 3.63) is 76.3 Å². The quantitative estimate of drug-likeness (QED) is 0.165. The minimum atomic E-state index is -0.674. The largest absolute Gasteiger partial charge is 0.457 e. The number of halogens is 1. The number of nitrogens with zero attached hydrogens (tertiary/aromatic N) is 1. The average molecular weight is 540 g/mol. The fourth-order valence-electron chi connectivity index (χ4n) is 4.05. The van der Waals surface area contributed by atoms with Crippen LogP contribution in [0.4, 0.5) is 0 Å². The van der Waals surface area contributed by atoms with Crippen LogP contribution < -0.4 is 4.74 Å². The van der Waals surface area contributed by atoms with E-state index < -0.39 is 24.3 Å². The standard InChI is InChI=1S/C26H22BrNO7/c27-18-9-5-17(6-10-18)26(33)35-19-11-7-16(8-12-19)22(29)15-34-23(30)13-14-28-24(31)20-3-1-2-4-21(20)25(28)32/h1-2,5-12,20-21H,3-4,13-15H2. The minimum absolute atomic E-state index is 0.0594. The summed E-state index contributed by atoms with van der Waals surface area (Å²) in [6, 6.07) is 12.6. The van der Waals surface area contributed by atoms with E-state index in [0.29, 0.717) is 18.4 Å². The molecule has 0 saturated carbocycles. The number of carbonyl (C=O) groups is 5. The molecule has 0 bridgehead atoms. The summed E-state index contributed by atoms with van der Waals surface area (Å²) in [5.74, 6) is -2.58. The van der Waals surface area contributed by atoms with Crippen molar-refractivity contribution in [1.82, 2.24) is 4.90 Å². The van der Waals surface area contributed by atoms with Crippen LogP contribution in [0.5, 0.6) is 5.75 Å². The van der Waals surface area contributed by atoms with Gasteiger partial charge in [0.15, 0.2) is 12.4 Å². The van der Waals surface area contributed by atoms with Gasteiger partial charge in [0.25, 0.3) is 0 Å². The van der Waals surface area contributed by atoms with Crippen LogP contribution in [0.15, 0.2) is 65.2 Å². The summed E-state index contributed by atoms with van der Waals surface area (Å²) in [5.41, 5.74) is 0.663. The van der Waals surface area contributed by atoms with Gasteiger partial charge in [-0.1, -0.05) is 28.1 Å². The molecular weight excluding hydrogens is 518 g/mol. The molecule has 4 rings (SSSR count). The zero-order valence-electron chi connectivity index (χ0n) is 18.6. The Hall–Kier alpha value is -3.59. The van der Waals surface area contributed by atoms with Crippen molar-refractivity contribution in [2.24, 2.45) is 11.8 Å². The van der Waals surface area contributed by atoms with Crippen LogP contribution in [0.3, 0.4) is 0 Å². The van der Waals surface area contributed by atoms with Gasteiger partial charge in [-0.3, -0.25) is 24.1 Å². The van der Waals surface area contributed by atoms with Gasteiger partial charge in [0.05, 0.1) is 23.8 Å². The first-order valence-electron chi connectivity index (χ1n) is 11.1. The van der Waals surface area contributed by atoms with E-state index in [-0.39, 0.29) is 47.9 Å². The second-order valence-corrected chi connectivity index (χ2v) is 9.15. The monoisotopic (exact) mass is 539 g/mol. The third-order valence-electron chi connectivity index (χ3n) is 5.97. The number of likely N-dealkylation sites (tertiary alicyclic amines) is 1. The van der Waals surface area contributed by atoms with E-state index in [4.69, 9.17) is 9.47 Å². The van der Waals surface area contributed by atoms with Crippen LogP contribution in [0.2, 0.25) is 0 Å². The molecule has 35 heavy (non-hydrogen) atoms. The first-order chi connectivity index (χ1) is 16.8. The number of ether oxygens (including phenoxy) is 2. The Morgan fingerprint density at radius 3 is 2.03 bits per heavy atom. The second-order valence-electron chi connectivity index (χ2n) is 8.24. The molecule has 1 saturated heterocycles. The number of ketones is 1. The van der Waals surface area contributed by atoms with Crippen molar-refractivity contribution in [3.63, 3.8) is 0 Å². The van der Waals surface area contributed by atoms with Gasteiger partial charge in [-0.2, -0.15) is 0 Å². The van der Waals surface area contributed by atoms with Crippen LogP contribution in [0.25, 0.3) is 0 Å². The lowest BCUT2D eigenvalue weighted by Crippen LogP contribution is -2.33. The van der Waals surface area contributed by atoms with Crippen LogP contribution in [-0.2, 0) is 19.1 Å². The number of Topliss-reactive ketones (excluding diaryl/α,β-unsaturated/α-hetero) is 1. The average Bonchev–Trinajstić information content (AvgIpc) is 3.11. The predicted molar refractivity (Wildman–Crippen MR) is 128 cm³/mol. The highest BCUT2D eigenvalue weighted by molar-refractivity contribution is 9.10. The number of hydrogen-bond acceptors (Lipinski definition) is 7. The van der Waals surface area contributed by atoms with Crippen molar-refractivity contribution < 1.29 is 33.4 Å². The summed E-state index contributed by atoms with van der Waals surface area (Å²) in [7, 11) is 0. The van der Waals surface area contributed by atoms with E-state index in [1.165, 1.54) is 24.3 Å². The molecule has 2 aromatic carbocycles. The van der Waals surface area contributed by atoms with Crippen molar-refractivity contribution in [2.75, 3.05) is 13.2 Å². The molecule has 180 valence electrons. The third-order valence-corrected chi connectivity index (χ3v) is 6.50. The molecule has 0 N–H and O–H groups in total. The summed E-state index contributed by atoms with van der Waals surface area (Å²) in [4.78, 5) is 62.6. The highest BCUT2D eigenvalue weighted by Gasteiger charge is 2.46. The number of hydrogen-bond donors (Lipinski definition) is 0. The number of rotatable bonds is 8. The number of amides is 2. The van der Waals surface area contributed by atoms with Crippen molar-refractivity contribution in [3.8, 4) is 5.75 Å². The highest BCUT2D eigenvalue weighted by atomic mass is 79.9. The molecule has 2 aliphatic rings. The lowest BCUT2D eigenvalue weighted by molar-refractivity contribution is -0.145. The molecule has 9 heteroatoms. The Bertz CT molecular complexity index is 1160. The molecule has 1 heterocycles. The lowest BCUT2D eigenvalue weighted by Gasteiger charge is -2.14. The van der Waals surface area contributed by atoms with Gasteiger partial charge in [0, 0.05) is 16.6 Å². The first kappa shape index (κ1) is 24.5. The van der Waals surface area contributed by atoms with Gasteiger partial charge in [0.1, 0.15) is 5.75 Å². The molecule has 1 aliphatic carbocycles. The Morgan fingerprint density at radius 1 is 0.857 bits per heavy atom. The Labute approximate surface area is 210 Å². The molecule has 2 aromatic rings. The van der Waals surface area contributed by atoms with E-state index in [9.17, 15) is 24.0 Å². The highest BCUT2D eigenvalue weighted by Crippen LogP contribution is 2.35. The number of imide groups is 1. The summed E-state index contributed by atoms with van der Waals surface area (Å²) < 4.78 is 11.2. The predicted octanol–water partition coefficient (Wildman–Crippen LogP) is 3.74. The number of fused-ring (bicyclic) bond motifs is 1. The molecule has 0 spiro atoms. The maximum atomic E-state index is 12.4. The number of esters is 2. The van der Waals surface area contributed by atoms with E-state index in [2.05, 4.69) is 15.9 Å². The molecule has 0 aromatic heterocycles. The van der Waals surface area contributed by atoms with Crippen molar-refractivity contribution in [1.29, 1.82) is 0 Å². The van der Waals surface area contributed by atoms with Gasteiger partial charge >= 0.3 is 11.9 Å². The molecule has 1 aliphatic heterocycles. The van der Waals surface area contributed by atoms with Gasteiger partial charge < -0.3 is 9.47 Å². The van der Waals surface area contributed by atoms with Crippen LogP contribution >= 0.6 is 15.9 Å².